The van der Waals surface area contributed by atoms with Crippen molar-refractivity contribution in [1.82, 2.24) is 0 Å². The lowest BCUT2D eigenvalue weighted by Crippen LogP contribution is -2.63. The van der Waals surface area contributed by atoms with Gasteiger partial charge in [0.15, 0.2) is 0 Å². The van der Waals surface area contributed by atoms with Crippen LogP contribution in [-0.2, 0) is 37.9 Å². The molecule has 12 fully saturated rings. The van der Waals surface area contributed by atoms with Gasteiger partial charge in [0.25, 0.3) is 22.4 Å². The first-order valence-corrected chi connectivity index (χ1v) is 30.0. The molecule has 8 bridgehead atoms. The first-order valence-electron chi connectivity index (χ1n) is 30.0. The number of hydrogen-bond donors (Lipinski definition) is 0. The van der Waals surface area contributed by atoms with E-state index >= 15 is 0 Å². The molecular weight excluding hydrogens is 1660 g/mol. The van der Waals surface area contributed by atoms with Crippen LogP contribution in [0, 0.1) is 71.0 Å². The van der Waals surface area contributed by atoms with Gasteiger partial charge < -0.3 is 37.9 Å². The third-order valence-corrected chi connectivity index (χ3v) is 21.7. The summed E-state index contributed by atoms with van der Waals surface area (Å²) in [6.45, 7) is 0. The fourth-order valence-corrected chi connectivity index (χ4v) is 18.4. The molecule has 632 valence electrons. The molecule has 4 aliphatic heterocycles. The molecule has 108 heavy (non-hydrogen) atoms. The second kappa shape index (κ2) is 25.9. The van der Waals surface area contributed by atoms with Crippen LogP contribution >= 0.6 is 0 Å². The lowest BCUT2D eigenvalue weighted by Gasteiger charge is -2.40. The molecule has 0 radical (unpaired) electrons. The SMILES string of the molecule is FC(F)(F)C(OC1C2OC(C(F)(F)F)(C(F)(F)F)C3C[C@@H]1C[C@@H]23)C(F)(F)F.FC(F)(F)C(OC1C2OC(C(F)(F)F)(C(F)(F)F)C3C[C@H]1C[C@H]23)C(F)(F)F.FC(F)(F)C(OC1C2[C@@H]3C[C@H]1CC3OC2(C(F)(F)F)C(F)(F)F)C(F)(F)F.FC(F)(F)C(OC1C2[C@H]3C[C@@H]1CC3OC2(C(F)(F)F)C(F)(F)F)C(F)(F)F. The van der Waals surface area contributed by atoms with E-state index in [9.17, 15) is 211 Å². The van der Waals surface area contributed by atoms with Crippen molar-refractivity contribution >= 4 is 0 Å². The Hall–Kier alpha value is -3.68. The summed E-state index contributed by atoms with van der Waals surface area (Å²) in [6.07, 6.45) is -135. The minimum atomic E-state index is -6.10. The highest BCUT2D eigenvalue weighted by atomic mass is 19.5. The minimum absolute atomic E-state index is 0.434. The van der Waals surface area contributed by atoms with E-state index < -0.39 is 317 Å². The number of fused-ring (bicyclic) bond motifs is 4. The molecule has 12 aliphatic rings. The molecule has 0 aromatic rings. The first-order chi connectivity index (χ1) is 47.6. The second-order valence-corrected chi connectivity index (χ2v) is 27.5. The van der Waals surface area contributed by atoms with E-state index in [1.807, 2.05) is 0 Å². The topological polar surface area (TPSA) is 73.8 Å². The fraction of sp³-hybridized carbons (Fsp3) is 1.00. The Kier molecular flexibility index (Phi) is 21.2. The van der Waals surface area contributed by atoms with Gasteiger partial charge in [-0.1, -0.05) is 0 Å². The summed E-state index contributed by atoms with van der Waals surface area (Å²) in [5.74, 6) is -21.1. The molecule has 0 aromatic carbocycles. The minimum Gasteiger partial charge on any atom is -0.357 e. The predicted octanol–water partition coefficient (Wildman–Crippen LogP) is 19.1. The first kappa shape index (κ1) is 88.3. The van der Waals surface area contributed by atoms with Crippen LogP contribution in [0.2, 0.25) is 0 Å². The smallest absolute Gasteiger partial charge is 0.357 e. The van der Waals surface area contributed by atoms with Crippen LogP contribution in [0.1, 0.15) is 51.4 Å². The molecule has 12 unspecified atom stereocenters. The third-order valence-electron chi connectivity index (χ3n) is 21.7. The van der Waals surface area contributed by atoms with Crippen molar-refractivity contribution in [3.05, 3.63) is 0 Å². The number of ether oxygens (including phenoxy) is 8. The molecule has 12 rings (SSSR count). The summed E-state index contributed by atoms with van der Waals surface area (Å²) >= 11 is 0. The normalized spacial score (nSPS) is 36.1. The molecule has 0 spiro atoms. The van der Waals surface area contributed by atoms with Crippen molar-refractivity contribution in [2.75, 3.05) is 0 Å². The van der Waals surface area contributed by atoms with Crippen molar-refractivity contribution in [2.45, 2.75) is 246 Å². The van der Waals surface area contributed by atoms with Crippen LogP contribution in [0.3, 0.4) is 0 Å². The summed E-state index contributed by atoms with van der Waals surface area (Å²) in [6, 6.07) is 0. The number of alkyl halides is 48. The maximum atomic E-state index is 13.4. The van der Waals surface area contributed by atoms with Crippen molar-refractivity contribution in [1.29, 1.82) is 0 Å². The lowest BCUT2D eigenvalue weighted by atomic mass is 9.76. The Balaban J connectivity index is 0.000000166. The standard InChI is InChI=1S/4C13H10F12O2/c2*14-10(15,16)8(11(17,18)19)26-7-3-1-4-5(2-3)27-9(6(4)7,12(20,21)22)13(23,24)25;2*14-10(15,16)8(11(17,18)19)26-6-3-1-4-5(2-3)9(12(20,21)22,13(23,24)25)27-7(4)6/h4*3-8H,1-2H2/t4*3-,4+,5?,6?,7?/m1010/s1. The maximum absolute atomic E-state index is 13.4. The van der Waals surface area contributed by atoms with E-state index in [0.717, 1.165) is 0 Å². The van der Waals surface area contributed by atoms with Gasteiger partial charge in [0.1, 0.15) is 0 Å². The quantitative estimate of drug-likeness (QED) is 0.223. The van der Waals surface area contributed by atoms with E-state index in [0.29, 0.717) is 0 Å². The van der Waals surface area contributed by atoms with Crippen LogP contribution in [0.15, 0.2) is 0 Å². The van der Waals surface area contributed by atoms with Gasteiger partial charge >= 0.3 is 98.8 Å². The molecule has 56 heteroatoms. The van der Waals surface area contributed by atoms with Crippen LogP contribution in [0.25, 0.3) is 0 Å². The molecule has 4 saturated heterocycles. The van der Waals surface area contributed by atoms with Gasteiger partial charge in [-0.15, -0.1) is 0 Å². The number of halogens is 48. The summed E-state index contributed by atoms with van der Waals surface area (Å²) in [7, 11) is 0. The highest BCUT2D eigenvalue weighted by molar-refractivity contribution is 5.24. The molecular formula is C52H40F48O8. The van der Waals surface area contributed by atoms with Crippen molar-refractivity contribution in [3.63, 3.8) is 0 Å². The molecule has 8 saturated carbocycles. The fourth-order valence-electron chi connectivity index (χ4n) is 18.4. The van der Waals surface area contributed by atoms with E-state index in [-0.39, 0.29) is 0 Å². The Morgan fingerprint density at radius 1 is 0.213 bits per heavy atom. The summed E-state index contributed by atoms with van der Waals surface area (Å²) in [5, 5.41) is 0. The van der Waals surface area contributed by atoms with E-state index in [2.05, 4.69) is 37.9 Å². The predicted molar refractivity (Wildman–Crippen MR) is 241 cm³/mol. The van der Waals surface area contributed by atoms with Crippen LogP contribution < -0.4 is 0 Å². The zero-order chi connectivity index (χ0) is 83.2. The Labute approximate surface area is 565 Å². The monoisotopic (exact) mass is 1700 g/mol. The molecule has 4 heterocycles. The van der Waals surface area contributed by atoms with Gasteiger partial charge in [-0.25, -0.2) is 0 Å². The zero-order valence-electron chi connectivity index (χ0n) is 50.9. The van der Waals surface area contributed by atoms with Gasteiger partial charge in [0.05, 0.1) is 48.8 Å². The van der Waals surface area contributed by atoms with Gasteiger partial charge in [-0.3, -0.25) is 0 Å². The highest BCUT2D eigenvalue weighted by Crippen LogP contribution is 2.74. The van der Waals surface area contributed by atoms with E-state index in [1.54, 1.807) is 0 Å². The van der Waals surface area contributed by atoms with Crippen LogP contribution in [0.5, 0.6) is 0 Å². The van der Waals surface area contributed by atoms with Gasteiger partial charge in [-0.05, 0) is 98.7 Å². The Bertz CT molecular complexity index is 2860. The van der Waals surface area contributed by atoms with Crippen molar-refractivity contribution in [2.24, 2.45) is 71.0 Å². The number of hydrogen-bond acceptors (Lipinski definition) is 8. The van der Waals surface area contributed by atoms with Crippen molar-refractivity contribution in [3.8, 4) is 0 Å². The molecule has 8 aliphatic carbocycles. The van der Waals surface area contributed by atoms with Crippen LogP contribution in [0.4, 0.5) is 211 Å². The van der Waals surface area contributed by atoms with Gasteiger partial charge in [0.2, 0.25) is 24.4 Å². The van der Waals surface area contributed by atoms with E-state index in [4.69, 9.17) is 0 Å². The summed E-state index contributed by atoms with van der Waals surface area (Å²) in [4.78, 5) is 0. The zero-order valence-corrected chi connectivity index (χ0v) is 50.9. The van der Waals surface area contributed by atoms with Gasteiger partial charge in [-0.2, -0.15) is 211 Å². The highest BCUT2D eigenvalue weighted by Gasteiger charge is 2.90. The Morgan fingerprint density at radius 3 is 0.593 bits per heavy atom. The van der Waals surface area contributed by atoms with Crippen molar-refractivity contribution < 1.29 is 249 Å². The third kappa shape index (κ3) is 14.2. The average molecular weight is 1700 g/mol. The molecule has 0 aromatic heterocycles. The number of rotatable bonds is 8. The molecule has 8 nitrogen and oxygen atoms in total. The Morgan fingerprint density at radius 2 is 0.398 bits per heavy atom. The molecule has 0 amide bonds. The second-order valence-electron chi connectivity index (χ2n) is 27.5. The molecule has 20 atom stereocenters. The van der Waals surface area contributed by atoms with Gasteiger partial charge in [0, 0.05) is 23.7 Å². The van der Waals surface area contributed by atoms with Crippen LogP contribution in [-0.4, -0.2) is 194 Å². The lowest BCUT2D eigenvalue weighted by molar-refractivity contribution is -0.394. The summed E-state index contributed by atoms with van der Waals surface area (Å²) < 4.78 is 656. The molecule has 0 N–H and O–H groups in total. The average Bonchev–Trinajstić information content (AvgIpc) is 1.53. The largest absolute Gasteiger partial charge is 0.426 e. The summed E-state index contributed by atoms with van der Waals surface area (Å²) in [5.41, 5.74) is -19.0. The maximum Gasteiger partial charge on any atom is 0.426 e. The van der Waals surface area contributed by atoms with E-state index in [1.165, 1.54) is 0 Å².